The van der Waals surface area contributed by atoms with Crippen molar-refractivity contribution in [1.82, 2.24) is 15.5 Å². The third-order valence-electron chi connectivity index (χ3n) is 2.46. The molecule has 16 heavy (non-hydrogen) atoms. The number of aromatic nitrogens is 2. The number of hydrogen-bond acceptors (Lipinski definition) is 4. The molecule has 0 atom stereocenters. The monoisotopic (exact) mass is 225 g/mol. The van der Waals surface area contributed by atoms with E-state index in [1.165, 1.54) is 0 Å². The normalized spacial score (nSPS) is 16.6. The second-order valence-electron chi connectivity index (χ2n) is 3.52. The van der Waals surface area contributed by atoms with Crippen LogP contribution in [0.3, 0.4) is 0 Å². The first-order valence-corrected chi connectivity index (χ1v) is 5.33. The molecule has 2 rings (SSSR count). The highest BCUT2D eigenvalue weighted by Gasteiger charge is 2.24. The summed E-state index contributed by atoms with van der Waals surface area (Å²) in [5.41, 5.74) is 2.03. The van der Waals surface area contributed by atoms with Gasteiger partial charge in [0.1, 0.15) is 0 Å². The van der Waals surface area contributed by atoms with E-state index in [1.54, 1.807) is 6.20 Å². The molecule has 6 heteroatoms. The summed E-state index contributed by atoms with van der Waals surface area (Å²) in [5.74, 6) is -0.242. The van der Waals surface area contributed by atoms with Crippen LogP contribution in [-0.2, 0) is 27.2 Å². The summed E-state index contributed by atoms with van der Waals surface area (Å²) >= 11 is 0. The van der Waals surface area contributed by atoms with Gasteiger partial charge in [0.05, 0.1) is 31.6 Å². The first kappa shape index (κ1) is 11.1. The van der Waals surface area contributed by atoms with Gasteiger partial charge in [-0.15, -0.1) is 0 Å². The SMILES string of the molecule is CCc1cn[nH]c1CNC(=O)C1OCCO1. The van der Waals surface area contributed by atoms with E-state index in [1.807, 2.05) is 6.92 Å². The lowest BCUT2D eigenvalue weighted by atomic mass is 10.2. The molecule has 1 aromatic heterocycles. The van der Waals surface area contributed by atoms with Crippen LogP contribution in [0.2, 0.25) is 0 Å². The van der Waals surface area contributed by atoms with Crippen LogP contribution in [0.1, 0.15) is 18.2 Å². The van der Waals surface area contributed by atoms with E-state index in [9.17, 15) is 4.79 Å². The number of carbonyl (C=O) groups excluding carboxylic acids is 1. The van der Waals surface area contributed by atoms with E-state index in [4.69, 9.17) is 9.47 Å². The van der Waals surface area contributed by atoms with E-state index in [2.05, 4.69) is 15.5 Å². The van der Waals surface area contributed by atoms with Crippen LogP contribution >= 0.6 is 0 Å². The molecule has 2 N–H and O–H groups in total. The van der Waals surface area contributed by atoms with Crippen LogP contribution in [0.4, 0.5) is 0 Å². The number of aryl methyl sites for hydroxylation is 1. The van der Waals surface area contributed by atoms with Crippen molar-refractivity contribution >= 4 is 5.91 Å². The number of amides is 1. The maximum Gasteiger partial charge on any atom is 0.277 e. The molecule has 1 aliphatic rings. The third kappa shape index (κ3) is 2.40. The Morgan fingerprint density at radius 3 is 3.06 bits per heavy atom. The minimum atomic E-state index is -0.756. The Morgan fingerprint density at radius 1 is 1.62 bits per heavy atom. The van der Waals surface area contributed by atoms with Crippen molar-refractivity contribution in [3.63, 3.8) is 0 Å². The largest absolute Gasteiger partial charge is 0.346 e. The molecule has 0 aromatic carbocycles. The van der Waals surface area contributed by atoms with E-state index in [0.29, 0.717) is 19.8 Å². The van der Waals surface area contributed by atoms with E-state index < -0.39 is 6.29 Å². The van der Waals surface area contributed by atoms with Gasteiger partial charge in [-0.1, -0.05) is 6.92 Å². The predicted octanol–water partition coefficient (Wildman–Crippen LogP) is -0.0388. The van der Waals surface area contributed by atoms with Gasteiger partial charge >= 0.3 is 0 Å². The van der Waals surface area contributed by atoms with Crippen LogP contribution < -0.4 is 5.32 Å². The Morgan fingerprint density at radius 2 is 2.38 bits per heavy atom. The Hall–Kier alpha value is -1.40. The van der Waals surface area contributed by atoms with Crippen molar-refractivity contribution in [2.75, 3.05) is 13.2 Å². The second kappa shape index (κ2) is 5.09. The summed E-state index contributed by atoms with van der Waals surface area (Å²) in [6, 6.07) is 0. The maximum absolute atomic E-state index is 11.5. The lowest BCUT2D eigenvalue weighted by Crippen LogP contribution is -2.35. The zero-order chi connectivity index (χ0) is 11.4. The van der Waals surface area contributed by atoms with Crippen molar-refractivity contribution in [3.8, 4) is 0 Å². The average molecular weight is 225 g/mol. The van der Waals surface area contributed by atoms with E-state index in [0.717, 1.165) is 17.7 Å². The average Bonchev–Trinajstić information content (AvgIpc) is 2.96. The second-order valence-corrected chi connectivity index (χ2v) is 3.52. The van der Waals surface area contributed by atoms with Crippen LogP contribution in [0.5, 0.6) is 0 Å². The fourth-order valence-electron chi connectivity index (χ4n) is 1.56. The van der Waals surface area contributed by atoms with Crippen molar-refractivity contribution in [1.29, 1.82) is 0 Å². The molecule has 0 saturated carbocycles. The van der Waals surface area contributed by atoms with Crippen molar-refractivity contribution in [2.24, 2.45) is 0 Å². The Kier molecular flexibility index (Phi) is 3.53. The summed E-state index contributed by atoms with van der Waals surface area (Å²) in [6.45, 7) is 3.41. The molecule has 0 radical (unpaired) electrons. The fourth-order valence-corrected chi connectivity index (χ4v) is 1.56. The molecule has 1 amide bonds. The minimum absolute atomic E-state index is 0.242. The predicted molar refractivity (Wildman–Crippen MR) is 55.5 cm³/mol. The summed E-state index contributed by atoms with van der Waals surface area (Å²) in [4.78, 5) is 11.5. The lowest BCUT2D eigenvalue weighted by Gasteiger charge is -2.09. The number of rotatable bonds is 4. The van der Waals surface area contributed by atoms with Crippen molar-refractivity contribution in [2.45, 2.75) is 26.2 Å². The van der Waals surface area contributed by atoms with Gasteiger partial charge in [0.15, 0.2) is 0 Å². The van der Waals surface area contributed by atoms with E-state index in [-0.39, 0.29) is 5.91 Å². The van der Waals surface area contributed by atoms with Gasteiger partial charge in [0.25, 0.3) is 5.91 Å². The zero-order valence-corrected chi connectivity index (χ0v) is 9.16. The molecular formula is C10H15N3O3. The molecule has 1 fully saturated rings. The van der Waals surface area contributed by atoms with Crippen LogP contribution in [0, 0.1) is 0 Å². The first-order valence-electron chi connectivity index (χ1n) is 5.33. The molecule has 0 bridgehead atoms. The van der Waals surface area contributed by atoms with Gasteiger partial charge in [0, 0.05) is 0 Å². The van der Waals surface area contributed by atoms with Gasteiger partial charge in [-0.25, -0.2) is 0 Å². The summed E-state index contributed by atoms with van der Waals surface area (Å²) < 4.78 is 10.2. The standard InChI is InChI=1S/C10H15N3O3/c1-2-7-5-12-13-8(7)6-11-9(14)10-15-3-4-16-10/h5,10H,2-4,6H2,1H3,(H,11,14)(H,12,13). The summed E-state index contributed by atoms with van der Waals surface area (Å²) in [7, 11) is 0. The fraction of sp³-hybridized carbons (Fsp3) is 0.600. The molecule has 6 nitrogen and oxygen atoms in total. The van der Waals surface area contributed by atoms with Gasteiger partial charge in [-0.2, -0.15) is 5.10 Å². The number of carbonyl (C=O) groups is 1. The highest BCUT2D eigenvalue weighted by atomic mass is 16.7. The van der Waals surface area contributed by atoms with Crippen molar-refractivity contribution < 1.29 is 14.3 Å². The lowest BCUT2D eigenvalue weighted by molar-refractivity contribution is -0.146. The van der Waals surface area contributed by atoms with Gasteiger partial charge < -0.3 is 14.8 Å². The maximum atomic E-state index is 11.5. The van der Waals surface area contributed by atoms with Gasteiger partial charge in [-0.3, -0.25) is 9.89 Å². The summed E-state index contributed by atoms with van der Waals surface area (Å²) in [5, 5.41) is 9.53. The molecule has 0 spiro atoms. The molecule has 1 aliphatic heterocycles. The van der Waals surface area contributed by atoms with Crippen LogP contribution in [0.25, 0.3) is 0 Å². The smallest absolute Gasteiger partial charge is 0.277 e. The van der Waals surface area contributed by atoms with Gasteiger partial charge in [0.2, 0.25) is 6.29 Å². The van der Waals surface area contributed by atoms with Crippen LogP contribution in [0.15, 0.2) is 6.20 Å². The molecule has 2 heterocycles. The number of nitrogens with zero attached hydrogens (tertiary/aromatic N) is 1. The topological polar surface area (TPSA) is 76.2 Å². The molecule has 88 valence electrons. The molecule has 1 aromatic rings. The zero-order valence-electron chi connectivity index (χ0n) is 9.16. The third-order valence-corrected chi connectivity index (χ3v) is 2.46. The molecule has 1 saturated heterocycles. The highest BCUT2D eigenvalue weighted by molar-refractivity contribution is 5.79. The first-order chi connectivity index (χ1) is 7.81. The molecule has 0 aliphatic carbocycles. The Labute approximate surface area is 93.3 Å². The number of ether oxygens (including phenoxy) is 2. The van der Waals surface area contributed by atoms with Crippen molar-refractivity contribution in [3.05, 3.63) is 17.5 Å². The highest BCUT2D eigenvalue weighted by Crippen LogP contribution is 2.06. The summed E-state index contributed by atoms with van der Waals surface area (Å²) in [6.07, 6.45) is 1.90. The van der Waals surface area contributed by atoms with Crippen LogP contribution in [-0.4, -0.2) is 35.6 Å². The minimum Gasteiger partial charge on any atom is -0.346 e. The number of H-pyrrole nitrogens is 1. The Bertz CT molecular complexity index is 358. The van der Waals surface area contributed by atoms with E-state index >= 15 is 0 Å². The molecular weight excluding hydrogens is 210 g/mol. The number of nitrogens with one attached hydrogen (secondary N) is 2. The quantitative estimate of drug-likeness (QED) is 0.754. The van der Waals surface area contributed by atoms with Gasteiger partial charge in [-0.05, 0) is 12.0 Å². The number of aromatic amines is 1. The number of hydrogen-bond donors (Lipinski definition) is 2. The molecule has 0 unspecified atom stereocenters. The Balaban J connectivity index is 1.84.